The molecule has 0 spiro atoms. The van der Waals surface area contributed by atoms with E-state index in [0.717, 1.165) is 3.57 Å². The molecular formula is C7H4INaO3. The summed E-state index contributed by atoms with van der Waals surface area (Å²) in [5.41, 5.74) is -0.170. The van der Waals surface area contributed by atoms with E-state index in [-0.39, 0.29) is 40.9 Å². The second-order valence-electron chi connectivity index (χ2n) is 1.95. The van der Waals surface area contributed by atoms with Gasteiger partial charge in [-0.05, 0) is 40.8 Å². The number of aromatic hydroxyl groups is 1. The molecule has 1 N–H and O–H groups in total. The van der Waals surface area contributed by atoms with Crippen LogP contribution in [0.2, 0.25) is 0 Å². The zero-order valence-corrected chi connectivity index (χ0v) is 10.5. The molecule has 1 rings (SSSR count). The topological polar surface area (TPSA) is 60.4 Å². The van der Waals surface area contributed by atoms with Crippen molar-refractivity contribution in [2.45, 2.75) is 0 Å². The fraction of sp³-hybridized carbons (Fsp3) is 0. The zero-order chi connectivity index (χ0) is 8.43. The predicted octanol–water partition coefficient (Wildman–Crippen LogP) is -2.64. The third-order valence-electron chi connectivity index (χ3n) is 1.18. The molecule has 58 valence electrons. The van der Waals surface area contributed by atoms with Gasteiger partial charge in [-0.3, -0.25) is 0 Å². The molecule has 0 fully saturated rings. The van der Waals surface area contributed by atoms with E-state index in [0.29, 0.717) is 0 Å². The smallest absolute Gasteiger partial charge is 0.545 e. The van der Waals surface area contributed by atoms with Gasteiger partial charge in [0.25, 0.3) is 0 Å². The maximum absolute atomic E-state index is 10.3. The van der Waals surface area contributed by atoms with E-state index in [4.69, 9.17) is 5.11 Å². The summed E-state index contributed by atoms with van der Waals surface area (Å²) in [5, 5.41) is 19.3. The van der Waals surface area contributed by atoms with Gasteiger partial charge in [-0.15, -0.1) is 0 Å². The molecule has 0 saturated heterocycles. The van der Waals surface area contributed by atoms with E-state index in [9.17, 15) is 9.90 Å². The second-order valence-corrected chi connectivity index (χ2v) is 3.19. The van der Waals surface area contributed by atoms with Gasteiger partial charge in [-0.25, -0.2) is 0 Å². The number of benzene rings is 1. The molecule has 0 atom stereocenters. The standard InChI is InChI=1S/C7H5IO3.Na/c8-4-1-2-6(9)5(3-4)7(10)11;/h1-3,9H,(H,10,11);/q;+1/p-1. The molecule has 0 radical (unpaired) electrons. The predicted molar refractivity (Wildman–Crippen MR) is 45.2 cm³/mol. The van der Waals surface area contributed by atoms with Gasteiger partial charge in [-0.2, -0.15) is 0 Å². The zero-order valence-electron chi connectivity index (χ0n) is 6.37. The van der Waals surface area contributed by atoms with Crippen molar-refractivity contribution in [2.24, 2.45) is 0 Å². The summed E-state index contributed by atoms with van der Waals surface area (Å²) in [6.45, 7) is 0. The van der Waals surface area contributed by atoms with Crippen LogP contribution in [-0.2, 0) is 0 Å². The van der Waals surface area contributed by atoms with Crippen LogP contribution in [0.3, 0.4) is 0 Å². The van der Waals surface area contributed by atoms with Gasteiger partial charge in [0.15, 0.2) is 0 Å². The minimum atomic E-state index is -1.36. The molecule has 0 aliphatic rings. The normalized spacial score (nSPS) is 8.75. The maximum atomic E-state index is 10.3. The quantitative estimate of drug-likeness (QED) is 0.454. The SMILES string of the molecule is O=C([O-])c1cc(I)ccc1O.[Na+]. The minimum Gasteiger partial charge on any atom is -0.545 e. The monoisotopic (exact) mass is 286 g/mol. The van der Waals surface area contributed by atoms with Crippen LogP contribution in [0.4, 0.5) is 0 Å². The molecule has 5 heteroatoms. The van der Waals surface area contributed by atoms with Gasteiger partial charge in [-0.1, -0.05) is 0 Å². The summed E-state index contributed by atoms with van der Waals surface area (Å²) in [6, 6.07) is 4.29. The Morgan fingerprint density at radius 1 is 1.50 bits per heavy atom. The molecule has 0 bridgehead atoms. The van der Waals surface area contributed by atoms with Gasteiger partial charge in [0, 0.05) is 9.13 Å². The number of carboxylic acids is 1. The first kappa shape index (κ1) is 12.2. The van der Waals surface area contributed by atoms with Crippen molar-refractivity contribution in [3.8, 4) is 5.75 Å². The van der Waals surface area contributed by atoms with Crippen molar-refractivity contribution in [3.05, 3.63) is 27.3 Å². The number of carbonyl (C=O) groups is 1. The van der Waals surface area contributed by atoms with Crippen molar-refractivity contribution < 1.29 is 44.6 Å². The van der Waals surface area contributed by atoms with Crippen molar-refractivity contribution in [1.29, 1.82) is 0 Å². The first-order valence-corrected chi connectivity index (χ1v) is 3.89. The Labute approximate surface area is 105 Å². The minimum absolute atomic E-state index is 0. The summed E-state index contributed by atoms with van der Waals surface area (Å²) in [6.07, 6.45) is 0. The third-order valence-corrected chi connectivity index (χ3v) is 1.85. The van der Waals surface area contributed by atoms with Gasteiger partial charge in [0.2, 0.25) is 0 Å². The van der Waals surface area contributed by atoms with E-state index in [1.54, 1.807) is 6.07 Å². The van der Waals surface area contributed by atoms with Crippen LogP contribution in [0, 0.1) is 3.57 Å². The van der Waals surface area contributed by atoms with Crippen molar-refractivity contribution in [1.82, 2.24) is 0 Å². The Morgan fingerprint density at radius 3 is 2.50 bits per heavy atom. The summed E-state index contributed by atoms with van der Waals surface area (Å²) in [4.78, 5) is 10.3. The van der Waals surface area contributed by atoms with Gasteiger partial charge in [0.05, 0.1) is 5.97 Å². The molecule has 1 aromatic carbocycles. The van der Waals surface area contributed by atoms with Gasteiger partial charge >= 0.3 is 29.6 Å². The van der Waals surface area contributed by atoms with E-state index in [2.05, 4.69) is 0 Å². The molecular weight excluding hydrogens is 282 g/mol. The fourth-order valence-corrected chi connectivity index (χ4v) is 1.16. The largest absolute Gasteiger partial charge is 1.00 e. The number of phenols is 1. The number of hydrogen-bond donors (Lipinski definition) is 1. The van der Waals surface area contributed by atoms with E-state index < -0.39 is 5.97 Å². The second kappa shape index (κ2) is 5.06. The van der Waals surface area contributed by atoms with Gasteiger partial charge in [0.1, 0.15) is 5.75 Å². The molecule has 1 aromatic rings. The molecule has 0 heterocycles. The van der Waals surface area contributed by atoms with Crippen LogP contribution >= 0.6 is 22.6 Å². The Bertz CT molecular complexity index is 301. The van der Waals surface area contributed by atoms with Gasteiger partial charge < -0.3 is 15.0 Å². The van der Waals surface area contributed by atoms with Crippen LogP contribution in [0.25, 0.3) is 0 Å². The van der Waals surface area contributed by atoms with E-state index >= 15 is 0 Å². The molecule has 0 aromatic heterocycles. The van der Waals surface area contributed by atoms with Crippen LogP contribution in [-0.4, -0.2) is 11.1 Å². The van der Waals surface area contributed by atoms with Crippen molar-refractivity contribution >= 4 is 28.6 Å². The molecule has 0 aliphatic heterocycles. The van der Waals surface area contributed by atoms with Crippen molar-refractivity contribution in [2.75, 3.05) is 0 Å². The molecule has 0 unspecified atom stereocenters. The summed E-state index contributed by atoms with van der Waals surface area (Å²) in [7, 11) is 0. The fourth-order valence-electron chi connectivity index (χ4n) is 0.672. The Kier molecular flexibility index (Phi) is 5.15. The first-order valence-electron chi connectivity index (χ1n) is 2.81. The third kappa shape index (κ3) is 2.93. The van der Waals surface area contributed by atoms with Crippen molar-refractivity contribution in [3.63, 3.8) is 0 Å². The average Bonchev–Trinajstić information content (AvgIpc) is 1.94. The molecule has 0 amide bonds. The molecule has 0 aliphatic carbocycles. The summed E-state index contributed by atoms with van der Waals surface area (Å²) < 4.78 is 0.750. The average molecular weight is 286 g/mol. The van der Waals surface area contributed by atoms with Crippen LogP contribution in [0.5, 0.6) is 5.75 Å². The first-order chi connectivity index (χ1) is 5.11. The Hall–Kier alpha value is 0.220. The Balaban J connectivity index is 0.00000121. The number of halogens is 1. The number of hydrogen-bond acceptors (Lipinski definition) is 3. The summed E-state index contributed by atoms with van der Waals surface area (Å²) in [5.74, 6) is -1.62. The Morgan fingerprint density at radius 2 is 2.08 bits per heavy atom. The molecule has 0 saturated carbocycles. The number of carbonyl (C=O) groups excluding carboxylic acids is 1. The maximum Gasteiger partial charge on any atom is 1.00 e. The summed E-state index contributed by atoms with van der Waals surface area (Å²) >= 11 is 1.95. The number of carboxylic acid groups (broad SMARTS) is 1. The van der Waals surface area contributed by atoms with Crippen LogP contribution in [0.15, 0.2) is 18.2 Å². The van der Waals surface area contributed by atoms with Crippen LogP contribution < -0.4 is 34.7 Å². The number of rotatable bonds is 1. The van der Waals surface area contributed by atoms with Crippen LogP contribution in [0.1, 0.15) is 10.4 Å². The number of aromatic carboxylic acids is 1. The van der Waals surface area contributed by atoms with E-state index in [1.807, 2.05) is 22.6 Å². The molecule has 12 heavy (non-hydrogen) atoms. The van der Waals surface area contributed by atoms with E-state index in [1.165, 1.54) is 12.1 Å². The molecule has 3 nitrogen and oxygen atoms in total.